The van der Waals surface area contributed by atoms with Gasteiger partial charge in [0.25, 0.3) is 0 Å². The van der Waals surface area contributed by atoms with Crippen LogP contribution in [-0.2, 0) is 10.2 Å². The largest absolute Gasteiger partial charge is 0.381 e. The van der Waals surface area contributed by atoms with E-state index in [1.54, 1.807) is 6.07 Å². The molecule has 0 N–H and O–H groups in total. The van der Waals surface area contributed by atoms with E-state index >= 15 is 0 Å². The van der Waals surface area contributed by atoms with Gasteiger partial charge in [0, 0.05) is 13.2 Å². The molecule has 0 radical (unpaired) electrons. The van der Waals surface area contributed by atoms with Gasteiger partial charge in [-0.1, -0.05) is 12.1 Å². The first-order valence-corrected chi connectivity index (χ1v) is 6.43. The van der Waals surface area contributed by atoms with Crippen LogP contribution in [0.15, 0.2) is 24.3 Å². The summed E-state index contributed by atoms with van der Waals surface area (Å²) in [6.45, 7) is 1.59. The highest BCUT2D eigenvalue weighted by molar-refractivity contribution is 5.38. The number of hydrogen-bond acceptors (Lipinski definition) is 2. The van der Waals surface area contributed by atoms with Crippen LogP contribution in [0.4, 0.5) is 4.39 Å². The first-order chi connectivity index (χ1) is 8.68. The highest BCUT2D eigenvalue weighted by atomic mass is 19.1. The van der Waals surface area contributed by atoms with Crippen LogP contribution in [0.2, 0.25) is 0 Å². The Morgan fingerprint density at radius 1 is 1.22 bits per heavy atom. The first kappa shape index (κ1) is 11.7. The minimum Gasteiger partial charge on any atom is -0.381 e. The Balaban J connectivity index is 1.85. The third-order valence-corrected chi connectivity index (χ3v) is 4.50. The molecule has 0 atom stereocenters. The molecule has 0 unspecified atom stereocenters. The van der Waals surface area contributed by atoms with E-state index in [1.807, 2.05) is 6.07 Å². The molecule has 1 aromatic carbocycles. The molecule has 2 nitrogen and oxygen atoms in total. The molecule has 18 heavy (non-hydrogen) atoms. The van der Waals surface area contributed by atoms with Crippen molar-refractivity contribution < 1.29 is 9.13 Å². The van der Waals surface area contributed by atoms with Crippen molar-refractivity contribution in [2.75, 3.05) is 13.2 Å². The van der Waals surface area contributed by atoms with Crippen molar-refractivity contribution in [2.24, 2.45) is 5.41 Å². The lowest BCUT2D eigenvalue weighted by molar-refractivity contribution is -0.0578. The molecule has 0 amide bonds. The van der Waals surface area contributed by atoms with E-state index in [0.29, 0.717) is 0 Å². The van der Waals surface area contributed by atoms with E-state index in [0.717, 1.165) is 44.5 Å². The molecule has 0 bridgehead atoms. The summed E-state index contributed by atoms with van der Waals surface area (Å²) in [6.07, 6.45) is 3.77. The van der Waals surface area contributed by atoms with Crippen LogP contribution in [0.3, 0.4) is 0 Å². The van der Waals surface area contributed by atoms with Crippen molar-refractivity contribution >= 4 is 0 Å². The quantitative estimate of drug-likeness (QED) is 0.761. The van der Waals surface area contributed by atoms with Gasteiger partial charge in [0.2, 0.25) is 0 Å². The fourth-order valence-corrected chi connectivity index (χ4v) is 3.52. The molecule has 1 aliphatic heterocycles. The molecule has 1 heterocycles. The summed E-state index contributed by atoms with van der Waals surface area (Å²) in [4.78, 5) is 0. The zero-order valence-electron chi connectivity index (χ0n) is 10.3. The molecular formula is C15H16FNO. The maximum absolute atomic E-state index is 13.3. The van der Waals surface area contributed by atoms with Crippen LogP contribution >= 0.6 is 0 Å². The maximum atomic E-state index is 13.3. The number of rotatable bonds is 1. The van der Waals surface area contributed by atoms with Gasteiger partial charge in [-0.05, 0) is 48.8 Å². The molecule has 1 spiro atoms. The molecule has 1 aromatic rings. The predicted octanol–water partition coefficient (Wildman–Crippen LogP) is 3.18. The SMILES string of the molecule is N#CC1(c2cccc(F)c2)CC2(CCOCC2)C1. The first-order valence-electron chi connectivity index (χ1n) is 6.43. The second-order valence-electron chi connectivity index (χ2n) is 5.67. The van der Waals surface area contributed by atoms with E-state index < -0.39 is 5.41 Å². The van der Waals surface area contributed by atoms with Gasteiger partial charge in [-0.25, -0.2) is 4.39 Å². The van der Waals surface area contributed by atoms with Gasteiger partial charge in [-0.3, -0.25) is 0 Å². The van der Waals surface area contributed by atoms with Crippen LogP contribution in [0.1, 0.15) is 31.2 Å². The molecule has 1 saturated carbocycles. The van der Waals surface area contributed by atoms with Crippen molar-refractivity contribution in [3.63, 3.8) is 0 Å². The Kier molecular flexibility index (Phi) is 2.64. The van der Waals surface area contributed by atoms with E-state index in [-0.39, 0.29) is 11.2 Å². The minimum atomic E-state index is -0.473. The summed E-state index contributed by atoms with van der Waals surface area (Å²) in [5.74, 6) is -0.255. The van der Waals surface area contributed by atoms with E-state index in [2.05, 4.69) is 6.07 Å². The van der Waals surface area contributed by atoms with Crippen molar-refractivity contribution in [3.05, 3.63) is 35.6 Å². The van der Waals surface area contributed by atoms with Crippen LogP contribution in [0, 0.1) is 22.6 Å². The van der Waals surface area contributed by atoms with Gasteiger partial charge in [0.1, 0.15) is 5.82 Å². The van der Waals surface area contributed by atoms with Crippen LogP contribution < -0.4 is 0 Å². The van der Waals surface area contributed by atoms with Crippen LogP contribution in [0.25, 0.3) is 0 Å². The Bertz CT molecular complexity index is 491. The monoisotopic (exact) mass is 245 g/mol. The Labute approximate surface area is 106 Å². The minimum absolute atomic E-state index is 0.255. The average Bonchev–Trinajstić information content (AvgIpc) is 2.36. The third kappa shape index (κ3) is 1.72. The number of benzene rings is 1. The standard InChI is InChI=1S/C15H16FNO/c16-13-3-1-2-12(8-13)15(11-17)9-14(10-15)4-6-18-7-5-14/h1-3,8H,4-7,9-10H2. The van der Waals surface area contributed by atoms with Gasteiger partial charge in [0.15, 0.2) is 0 Å². The van der Waals surface area contributed by atoms with E-state index in [9.17, 15) is 9.65 Å². The Morgan fingerprint density at radius 3 is 2.56 bits per heavy atom. The molecule has 0 aromatic heterocycles. The Hall–Kier alpha value is -1.40. The zero-order valence-corrected chi connectivity index (χ0v) is 10.3. The van der Waals surface area contributed by atoms with Gasteiger partial charge in [-0.2, -0.15) is 5.26 Å². The lowest BCUT2D eigenvalue weighted by Crippen LogP contribution is -2.51. The van der Waals surface area contributed by atoms with Gasteiger partial charge >= 0.3 is 0 Å². The molecule has 2 fully saturated rings. The predicted molar refractivity (Wildman–Crippen MR) is 65.4 cm³/mol. The molecule has 1 aliphatic carbocycles. The summed E-state index contributed by atoms with van der Waals surface area (Å²) in [7, 11) is 0. The Morgan fingerprint density at radius 2 is 1.94 bits per heavy atom. The summed E-state index contributed by atoms with van der Waals surface area (Å²) >= 11 is 0. The van der Waals surface area contributed by atoms with Gasteiger partial charge in [0.05, 0.1) is 11.5 Å². The highest BCUT2D eigenvalue weighted by Crippen LogP contribution is 2.59. The van der Waals surface area contributed by atoms with Crippen LogP contribution in [-0.4, -0.2) is 13.2 Å². The molecule has 1 saturated heterocycles. The number of ether oxygens (including phenoxy) is 1. The number of hydrogen-bond donors (Lipinski definition) is 0. The highest BCUT2D eigenvalue weighted by Gasteiger charge is 2.56. The fraction of sp³-hybridized carbons (Fsp3) is 0.533. The average molecular weight is 245 g/mol. The number of nitrogens with zero attached hydrogens (tertiary/aromatic N) is 1. The zero-order chi connectivity index (χ0) is 12.6. The maximum Gasteiger partial charge on any atom is 0.123 e. The number of halogens is 1. The van der Waals surface area contributed by atoms with E-state index in [1.165, 1.54) is 12.1 Å². The van der Waals surface area contributed by atoms with Crippen molar-refractivity contribution in [1.82, 2.24) is 0 Å². The smallest absolute Gasteiger partial charge is 0.123 e. The summed E-state index contributed by atoms with van der Waals surface area (Å²) in [5.41, 5.74) is 0.627. The third-order valence-electron chi connectivity index (χ3n) is 4.50. The second kappa shape index (κ2) is 4.07. The normalized spacial score (nSPS) is 24.2. The van der Waals surface area contributed by atoms with Gasteiger partial charge in [-0.15, -0.1) is 0 Å². The van der Waals surface area contributed by atoms with Crippen LogP contribution in [0.5, 0.6) is 0 Å². The summed E-state index contributed by atoms with van der Waals surface area (Å²) in [5, 5.41) is 9.49. The molecule has 2 aliphatic rings. The van der Waals surface area contributed by atoms with Crippen molar-refractivity contribution in [1.29, 1.82) is 5.26 Å². The summed E-state index contributed by atoms with van der Waals surface area (Å²) < 4.78 is 18.7. The van der Waals surface area contributed by atoms with Gasteiger partial charge < -0.3 is 4.74 Å². The second-order valence-corrected chi connectivity index (χ2v) is 5.67. The lowest BCUT2D eigenvalue weighted by atomic mass is 9.48. The fourth-order valence-electron chi connectivity index (χ4n) is 3.52. The van der Waals surface area contributed by atoms with Crippen molar-refractivity contribution in [3.8, 4) is 6.07 Å². The molecule has 3 heteroatoms. The topological polar surface area (TPSA) is 33.0 Å². The van der Waals surface area contributed by atoms with E-state index in [4.69, 9.17) is 4.74 Å². The molecule has 94 valence electrons. The number of nitriles is 1. The summed E-state index contributed by atoms with van der Waals surface area (Å²) in [6, 6.07) is 8.93. The van der Waals surface area contributed by atoms with Crippen molar-refractivity contribution in [2.45, 2.75) is 31.1 Å². The molecular weight excluding hydrogens is 229 g/mol. The lowest BCUT2D eigenvalue weighted by Gasteiger charge is -2.55. The molecule has 3 rings (SSSR count).